The molecule has 0 spiro atoms. The van der Waals surface area contributed by atoms with Crippen molar-refractivity contribution >= 4 is 34.6 Å². The van der Waals surface area contributed by atoms with Gasteiger partial charge in [0.05, 0.1) is 11.9 Å². The van der Waals surface area contributed by atoms with Crippen molar-refractivity contribution in [2.75, 3.05) is 5.73 Å². The van der Waals surface area contributed by atoms with Crippen LogP contribution < -0.4 is 5.73 Å². The van der Waals surface area contributed by atoms with E-state index in [1.54, 1.807) is 30.3 Å². The molecule has 0 amide bonds. The normalized spacial score (nSPS) is 24.5. The number of nitrogens with zero attached hydrogens (tertiary/aromatic N) is 4. The van der Waals surface area contributed by atoms with E-state index in [4.69, 9.17) is 26.8 Å². The van der Waals surface area contributed by atoms with Gasteiger partial charge in [0.25, 0.3) is 0 Å². The molecule has 146 valence electrons. The molecule has 2 aromatic heterocycles. The molecule has 0 bridgehead atoms. The molecule has 3 heterocycles. The fraction of sp³-hybridized carbons (Fsp3) is 0.333. The predicted molar refractivity (Wildman–Crippen MR) is 99.5 cm³/mol. The first-order valence-corrected chi connectivity index (χ1v) is 9.08. The number of nitrogens with two attached hydrogens (primary N) is 1. The number of alkyl halides is 1. The van der Waals surface area contributed by atoms with Gasteiger partial charge in [0, 0.05) is 0 Å². The maximum absolute atomic E-state index is 15.3. The molecule has 0 radical (unpaired) electrons. The first kappa shape index (κ1) is 18.6. The summed E-state index contributed by atoms with van der Waals surface area (Å²) in [5.74, 6) is -0.526. The van der Waals surface area contributed by atoms with Crippen molar-refractivity contribution in [2.45, 2.75) is 38.0 Å². The number of esters is 1. The number of halogens is 2. The van der Waals surface area contributed by atoms with Crippen LogP contribution in [-0.4, -0.2) is 43.9 Å². The lowest BCUT2D eigenvalue weighted by atomic mass is 10.1. The molecule has 4 atom stereocenters. The lowest BCUT2D eigenvalue weighted by Crippen LogP contribution is -2.33. The van der Waals surface area contributed by atoms with Crippen LogP contribution >= 0.6 is 11.6 Å². The molecule has 28 heavy (non-hydrogen) atoms. The fourth-order valence-electron chi connectivity index (χ4n) is 3.25. The van der Waals surface area contributed by atoms with Crippen molar-refractivity contribution in [1.29, 1.82) is 0 Å². The summed E-state index contributed by atoms with van der Waals surface area (Å²) in [5, 5.41) is -0.0840. The molecule has 1 aliphatic rings. The van der Waals surface area contributed by atoms with Crippen LogP contribution in [0, 0.1) is 0 Å². The third-order valence-corrected chi connectivity index (χ3v) is 4.79. The van der Waals surface area contributed by atoms with Gasteiger partial charge in [-0.2, -0.15) is 9.97 Å². The van der Waals surface area contributed by atoms with Gasteiger partial charge < -0.3 is 15.2 Å². The van der Waals surface area contributed by atoms with Crippen LogP contribution in [0.25, 0.3) is 11.2 Å². The zero-order chi connectivity index (χ0) is 19.8. The maximum Gasteiger partial charge on any atom is 0.338 e. The van der Waals surface area contributed by atoms with E-state index in [0.717, 1.165) is 0 Å². The molecule has 1 unspecified atom stereocenters. The van der Waals surface area contributed by atoms with Crippen molar-refractivity contribution in [3.05, 3.63) is 47.5 Å². The lowest BCUT2D eigenvalue weighted by Gasteiger charge is -2.18. The fourth-order valence-corrected chi connectivity index (χ4v) is 3.42. The van der Waals surface area contributed by atoms with Crippen LogP contribution in [0.15, 0.2) is 36.7 Å². The van der Waals surface area contributed by atoms with Gasteiger partial charge in [-0.25, -0.2) is 14.2 Å². The van der Waals surface area contributed by atoms with Crippen LogP contribution in [-0.2, 0) is 9.47 Å². The lowest BCUT2D eigenvalue weighted by molar-refractivity contribution is -0.0296. The molecule has 0 saturated carbocycles. The van der Waals surface area contributed by atoms with Gasteiger partial charge in [-0.05, 0) is 30.2 Å². The number of imidazole rings is 1. The Hall–Kier alpha value is -2.78. The summed E-state index contributed by atoms with van der Waals surface area (Å²) in [4.78, 5) is 24.4. The van der Waals surface area contributed by atoms with Crippen LogP contribution in [0.3, 0.4) is 0 Å². The molecular formula is C18H17ClFN5O3. The van der Waals surface area contributed by atoms with E-state index in [2.05, 4.69) is 15.0 Å². The Morgan fingerprint density at radius 2 is 2.11 bits per heavy atom. The SMILES string of the molecule is CC[C@H]1O[C@@H](n2cnc3c(N)nc(Cl)nc32)[C@H](F)C1OC(=O)c1ccccc1. The van der Waals surface area contributed by atoms with E-state index >= 15 is 4.39 Å². The third-order valence-electron chi connectivity index (χ3n) is 4.62. The van der Waals surface area contributed by atoms with E-state index in [0.29, 0.717) is 12.0 Å². The van der Waals surface area contributed by atoms with E-state index in [9.17, 15) is 4.79 Å². The Kier molecular flexibility index (Phi) is 4.86. The number of benzene rings is 1. The number of carbonyl (C=O) groups is 1. The van der Waals surface area contributed by atoms with Crippen molar-refractivity contribution in [1.82, 2.24) is 19.5 Å². The second-order valence-electron chi connectivity index (χ2n) is 6.36. The number of carbonyl (C=O) groups excluding carboxylic acids is 1. The zero-order valence-corrected chi connectivity index (χ0v) is 15.6. The number of hydrogen-bond donors (Lipinski definition) is 1. The predicted octanol–water partition coefficient (Wildman–Crippen LogP) is 2.93. The van der Waals surface area contributed by atoms with E-state index < -0.39 is 30.6 Å². The summed E-state index contributed by atoms with van der Waals surface area (Å²) in [5.41, 5.74) is 6.68. The monoisotopic (exact) mass is 405 g/mol. The minimum Gasteiger partial charge on any atom is -0.453 e. The minimum atomic E-state index is -1.63. The smallest absolute Gasteiger partial charge is 0.338 e. The first-order chi connectivity index (χ1) is 13.5. The average molecular weight is 406 g/mol. The van der Waals surface area contributed by atoms with Gasteiger partial charge in [0.2, 0.25) is 5.28 Å². The Labute approximate surface area is 164 Å². The van der Waals surface area contributed by atoms with Gasteiger partial charge in [-0.15, -0.1) is 0 Å². The first-order valence-electron chi connectivity index (χ1n) is 8.70. The Morgan fingerprint density at radius 3 is 2.82 bits per heavy atom. The van der Waals surface area contributed by atoms with Crippen LogP contribution in [0.1, 0.15) is 29.9 Å². The van der Waals surface area contributed by atoms with Crippen molar-refractivity contribution in [2.24, 2.45) is 0 Å². The number of hydrogen-bond acceptors (Lipinski definition) is 7. The molecule has 10 heteroatoms. The summed E-state index contributed by atoms with van der Waals surface area (Å²) >= 11 is 5.87. The van der Waals surface area contributed by atoms with Crippen molar-refractivity contribution in [3.63, 3.8) is 0 Å². The second-order valence-corrected chi connectivity index (χ2v) is 6.69. The van der Waals surface area contributed by atoms with E-state index in [-0.39, 0.29) is 22.3 Å². The molecule has 4 rings (SSSR count). The molecule has 1 saturated heterocycles. The molecule has 1 fully saturated rings. The number of fused-ring (bicyclic) bond motifs is 1. The van der Waals surface area contributed by atoms with Crippen molar-refractivity contribution in [3.8, 4) is 0 Å². The second kappa shape index (κ2) is 7.33. The minimum absolute atomic E-state index is 0.0840. The quantitative estimate of drug-likeness (QED) is 0.525. The van der Waals surface area contributed by atoms with Crippen LogP contribution in [0.2, 0.25) is 5.28 Å². The van der Waals surface area contributed by atoms with Gasteiger partial charge in [0.15, 0.2) is 30.0 Å². The van der Waals surface area contributed by atoms with Crippen LogP contribution in [0.5, 0.6) is 0 Å². The highest BCUT2D eigenvalue weighted by molar-refractivity contribution is 6.28. The molecule has 1 aliphatic heterocycles. The molecule has 1 aromatic carbocycles. The Morgan fingerprint density at radius 1 is 1.36 bits per heavy atom. The van der Waals surface area contributed by atoms with Crippen molar-refractivity contribution < 1.29 is 18.7 Å². The highest BCUT2D eigenvalue weighted by Crippen LogP contribution is 2.37. The molecule has 0 aliphatic carbocycles. The number of nitrogen functional groups attached to an aromatic ring is 1. The number of aromatic nitrogens is 4. The topological polar surface area (TPSA) is 105 Å². The summed E-state index contributed by atoms with van der Waals surface area (Å²) < 4.78 is 28.0. The largest absolute Gasteiger partial charge is 0.453 e. The average Bonchev–Trinajstić information content (AvgIpc) is 3.24. The van der Waals surface area contributed by atoms with Gasteiger partial charge in [0.1, 0.15) is 11.6 Å². The number of rotatable bonds is 4. The zero-order valence-electron chi connectivity index (χ0n) is 14.8. The standard InChI is InChI=1S/C18H17ClFN5O3/c1-2-10-13(28-17(26)9-6-4-3-5-7-9)11(20)16(27-10)25-8-22-12-14(21)23-18(19)24-15(12)25/h3-8,10-11,13,16H,2H2,1H3,(H2,21,23,24)/t10-,11-,13?,16-/m1/s1. The van der Waals surface area contributed by atoms with Gasteiger partial charge >= 0.3 is 5.97 Å². The maximum atomic E-state index is 15.3. The summed E-state index contributed by atoms with van der Waals surface area (Å²) in [7, 11) is 0. The van der Waals surface area contributed by atoms with Gasteiger partial charge in [-0.1, -0.05) is 25.1 Å². The Bertz CT molecular complexity index is 1020. The highest BCUT2D eigenvalue weighted by Gasteiger charge is 2.48. The number of ether oxygens (including phenoxy) is 2. The molecule has 8 nitrogen and oxygen atoms in total. The molecule has 2 N–H and O–H groups in total. The summed E-state index contributed by atoms with van der Waals surface area (Å²) in [6.45, 7) is 1.83. The van der Waals surface area contributed by atoms with E-state index in [1.165, 1.54) is 10.9 Å². The Balaban J connectivity index is 1.63. The molecule has 3 aromatic rings. The third kappa shape index (κ3) is 3.16. The molecular weight excluding hydrogens is 389 g/mol. The summed E-state index contributed by atoms with van der Waals surface area (Å²) in [6, 6.07) is 8.41. The van der Waals surface area contributed by atoms with E-state index in [1.807, 2.05) is 6.92 Å². The summed E-state index contributed by atoms with van der Waals surface area (Å²) in [6.07, 6.45) is -2.61. The highest BCUT2D eigenvalue weighted by atomic mass is 35.5. The van der Waals surface area contributed by atoms with Gasteiger partial charge in [-0.3, -0.25) is 4.57 Å². The van der Waals surface area contributed by atoms with Crippen LogP contribution in [0.4, 0.5) is 10.2 Å². The number of anilines is 1.